The Morgan fingerprint density at radius 2 is 2.00 bits per heavy atom. The third kappa shape index (κ3) is 2.26. The molecule has 0 aliphatic rings. The summed E-state index contributed by atoms with van der Waals surface area (Å²) in [6.07, 6.45) is 2.49. The van der Waals surface area contributed by atoms with Crippen molar-refractivity contribution in [2.45, 2.75) is 25.5 Å². The fraction of sp³-hybridized carbons (Fsp3) is 0.556. The molecule has 0 bridgehead atoms. The van der Waals surface area contributed by atoms with Crippen LogP contribution in [0, 0.1) is 6.92 Å². The minimum absolute atomic E-state index is 0.392. The van der Waals surface area contributed by atoms with Crippen LogP contribution in [0.4, 0.5) is 0 Å². The minimum atomic E-state index is -3.41. The van der Waals surface area contributed by atoms with E-state index in [2.05, 4.69) is 4.98 Å². The van der Waals surface area contributed by atoms with Gasteiger partial charge in [-0.3, -0.25) is 4.79 Å². The number of hydrogen-bond acceptors (Lipinski definition) is 5. The number of nitrogens with zero attached hydrogens (tertiary/aromatic N) is 1. The van der Waals surface area contributed by atoms with Gasteiger partial charge in [0, 0.05) is 12.5 Å². The number of thiazole rings is 1. The number of hydrogen-bond donors (Lipinski definition) is 0. The number of carbonyl (C=O) groups is 1. The predicted octanol–water partition coefficient (Wildman–Crippen LogP) is 1.46. The summed E-state index contributed by atoms with van der Waals surface area (Å²) in [5, 5.41) is 0.752. The van der Waals surface area contributed by atoms with Gasteiger partial charge in [0.15, 0.2) is 15.6 Å². The minimum Gasteiger partial charge on any atom is -0.291 e. The monoisotopic (exact) mass is 247 g/mol. The molecule has 4 nitrogen and oxygen atoms in total. The Morgan fingerprint density at radius 3 is 2.33 bits per heavy atom. The lowest BCUT2D eigenvalue weighted by Crippen LogP contribution is -2.39. The Balaban J connectivity index is 3.16. The van der Waals surface area contributed by atoms with E-state index in [1.807, 2.05) is 0 Å². The zero-order valence-corrected chi connectivity index (χ0v) is 10.7. The molecule has 1 aromatic rings. The molecule has 0 aliphatic carbocycles. The molecule has 6 heteroatoms. The third-order valence-electron chi connectivity index (χ3n) is 2.32. The number of aryl methyl sites for hydroxylation is 1. The molecule has 0 saturated carbocycles. The topological polar surface area (TPSA) is 64.1 Å². The van der Waals surface area contributed by atoms with Crippen molar-refractivity contribution in [1.82, 2.24) is 4.98 Å². The molecule has 0 spiro atoms. The van der Waals surface area contributed by atoms with E-state index in [4.69, 9.17) is 0 Å². The van der Waals surface area contributed by atoms with Gasteiger partial charge in [-0.25, -0.2) is 13.4 Å². The number of aromatic nitrogens is 1. The molecule has 0 fully saturated rings. The van der Waals surface area contributed by atoms with E-state index in [-0.39, 0.29) is 0 Å². The van der Waals surface area contributed by atoms with Crippen LogP contribution in [0.5, 0.6) is 0 Å². The lowest BCUT2D eigenvalue weighted by atomic mass is 10.1. The van der Waals surface area contributed by atoms with Crippen molar-refractivity contribution in [2.75, 3.05) is 6.26 Å². The quantitative estimate of drug-likeness (QED) is 0.758. The molecule has 0 atom stereocenters. The second-order valence-electron chi connectivity index (χ2n) is 3.86. The highest BCUT2D eigenvalue weighted by molar-refractivity contribution is 7.92. The fourth-order valence-electron chi connectivity index (χ4n) is 0.931. The van der Waals surface area contributed by atoms with Gasteiger partial charge in [-0.15, -0.1) is 11.3 Å². The summed E-state index contributed by atoms with van der Waals surface area (Å²) >= 11 is 1.21. The van der Waals surface area contributed by atoms with Gasteiger partial charge in [-0.2, -0.15) is 0 Å². The first-order valence-corrected chi connectivity index (χ1v) is 7.04. The van der Waals surface area contributed by atoms with Crippen LogP contribution in [-0.2, 0) is 9.84 Å². The van der Waals surface area contributed by atoms with Crippen LogP contribution >= 0.6 is 11.3 Å². The van der Waals surface area contributed by atoms with Gasteiger partial charge in [0.2, 0.25) is 0 Å². The van der Waals surface area contributed by atoms with Gasteiger partial charge in [-0.05, 0) is 20.8 Å². The Hall–Kier alpha value is -0.750. The molecular formula is C9H13NO3S2. The molecule has 0 N–H and O–H groups in total. The van der Waals surface area contributed by atoms with Crippen molar-refractivity contribution in [1.29, 1.82) is 0 Å². The summed E-state index contributed by atoms with van der Waals surface area (Å²) in [6, 6.07) is 0. The van der Waals surface area contributed by atoms with Gasteiger partial charge in [-0.1, -0.05) is 0 Å². The lowest BCUT2D eigenvalue weighted by molar-refractivity contribution is 0.0958. The Kier molecular flexibility index (Phi) is 3.02. The maximum Gasteiger partial charge on any atom is 0.194 e. The van der Waals surface area contributed by atoms with Crippen LogP contribution in [0.1, 0.15) is 28.5 Å². The lowest BCUT2D eigenvalue weighted by Gasteiger charge is -2.19. The zero-order valence-electron chi connectivity index (χ0n) is 9.07. The predicted molar refractivity (Wildman–Crippen MR) is 60.1 cm³/mol. The van der Waals surface area contributed by atoms with Crippen LogP contribution in [0.3, 0.4) is 0 Å². The molecule has 0 amide bonds. The third-order valence-corrected chi connectivity index (χ3v) is 5.27. The van der Waals surface area contributed by atoms with E-state index in [0.717, 1.165) is 11.3 Å². The highest BCUT2D eigenvalue weighted by Crippen LogP contribution is 2.24. The highest BCUT2D eigenvalue weighted by atomic mass is 32.2. The molecule has 0 aromatic carbocycles. The zero-order chi connectivity index (χ0) is 11.9. The van der Waals surface area contributed by atoms with E-state index in [0.29, 0.717) is 4.88 Å². The number of ketones is 1. The average molecular weight is 247 g/mol. The van der Waals surface area contributed by atoms with Crippen LogP contribution < -0.4 is 0 Å². The van der Waals surface area contributed by atoms with E-state index < -0.39 is 20.4 Å². The van der Waals surface area contributed by atoms with E-state index in [9.17, 15) is 13.2 Å². The first-order chi connectivity index (χ1) is 6.66. The van der Waals surface area contributed by atoms with Crippen LogP contribution in [0.25, 0.3) is 0 Å². The SMILES string of the molecule is Cc1ncc(C(=O)C(C)(C)S(C)(=O)=O)s1. The summed E-state index contributed by atoms with van der Waals surface area (Å²) in [6.45, 7) is 4.61. The smallest absolute Gasteiger partial charge is 0.194 e. The van der Waals surface area contributed by atoms with Gasteiger partial charge in [0.25, 0.3) is 0 Å². The number of Topliss-reactive ketones (excluding diaryl/α,β-unsaturated/α-hetero) is 1. The molecule has 0 saturated heterocycles. The molecule has 0 unspecified atom stereocenters. The standard InChI is InChI=1S/C9H13NO3S2/c1-6-10-5-7(14-6)8(11)9(2,3)15(4,12)13/h5H,1-4H3. The Labute approximate surface area is 93.3 Å². The van der Waals surface area contributed by atoms with Crippen LogP contribution in [0.2, 0.25) is 0 Å². The summed E-state index contributed by atoms with van der Waals surface area (Å²) in [5.41, 5.74) is 0. The summed E-state index contributed by atoms with van der Waals surface area (Å²) in [5.74, 6) is -0.393. The van der Waals surface area contributed by atoms with Crippen molar-refractivity contribution in [2.24, 2.45) is 0 Å². The largest absolute Gasteiger partial charge is 0.291 e. The summed E-state index contributed by atoms with van der Waals surface area (Å²) in [7, 11) is -3.41. The maximum atomic E-state index is 11.9. The van der Waals surface area contributed by atoms with Crippen molar-refractivity contribution in [3.8, 4) is 0 Å². The van der Waals surface area contributed by atoms with Crippen LogP contribution in [-0.4, -0.2) is 30.2 Å². The van der Waals surface area contributed by atoms with Crippen molar-refractivity contribution >= 4 is 27.0 Å². The Morgan fingerprint density at radius 1 is 1.47 bits per heavy atom. The molecule has 0 aliphatic heterocycles. The van der Waals surface area contributed by atoms with Crippen molar-refractivity contribution in [3.63, 3.8) is 0 Å². The first kappa shape index (κ1) is 12.3. The first-order valence-electron chi connectivity index (χ1n) is 4.33. The molecule has 84 valence electrons. The van der Waals surface area contributed by atoms with Gasteiger partial charge >= 0.3 is 0 Å². The van der Waals surface area contributed by atoms with Gasteiger partial charge < -0.3 is 0 Å². The second-order valence-corrected chi connectivity index (χ2v) is 7.65. The molecule has 1 heterocycles. The molecular weight excluding hydrogens is 234 g/mol. The summed E-state index contributed by atoms with van der Waals surface area (Å²) < 4.78 is 21.5. The number of carbonyl (C=O) groups excluding carboxylic acids is 1. The average Bonchev–Trinajstić information content (AvgIpc) is 2.48. The summed E-state index contributed by atoms with van der Waals surface area (Å²) in [4.78, 5) is 16.2. The normalized spacial score (nSPS) is 12.8. The second kappa shape index (κ2) is 3.68. The van der Waals surface area contributed by atoms with E-state index in [1.165, 1.54) is 31.4 Å². The van der Waals surface area contributed by atoms with Crippen molar-refractivity contribution in [3.05, 3.63) is 16.1 Å². The fourth-order valence-corrected chi connectivity index (χ4v) is 2.32. The van der Waals surface area contributed by atoms with Crippen molar-refractivity contribution < 1.29 is 13.2 Å². The Bertz CT molecular complexity index is 485. The number of sulfone groups is 1. The number of rotatable bonds is 3. The highest BCUT2D eigenvalue weighted by Gasteiger charge is 2.39. The maximum absolute atomic E-state index is 11.9. The molecule has 1 rings (SSSR count). The molecule has 15 heavy (non-hydrogen) atoms. The van der Waals surface area contributed by atoms with Gasteiger partial charge in [0.1, 0.15) is 4.75 Å². The van der Waals surface area contributed by atoms with Crippen LogP contribution in [0.15, 0.2) is 6.20 Å². The van der Waals surface area contributed by atoms with E-state index in [1.54, 1.807) is 6.92 Å². The van der Waals surface area contributed by atoms with E-state index >= 15 is 0 Å². The van der Waals surface area contributed by atoms with Gasteiger partial charge in [0.05, 0.1) is 9.88 Å². The molecule has 1 aromatic heterocycles. The molecule has 0 radical (unpaired) electrons.